The Kier molecular flexibility index (Phi) is 4.08. The Morgan fingerprint density at radius 2 is 2.33 bits per heavy atom. The summed E-state index contributed by atoms with van der Waals surface area (Å²) in [5.74, 6) is -0.866. The van der Waals surface area contributed by atoms with E-state index in [1.165, 1.54) is 0 Å². The third kappa shape index (κ3) is 3.51. The summed E-state index contributed by atoms with van der Waals surface area (Å²) in [6.45, 7) is 6.38. The number of aliphatic carboxylic acids is 1. The minimum Gasteiger partial charge on any atom is -0.550 e. The van der Waals surface area contributed by atoms with Crippen LogP contribution < -0.4 is 15.3 Å². The van der Waals surface area contributed by atoms with Crippen LogP contribution in [0.5, 0.6) is 0 Å². The van der Waals surface area contributed by atoms with Gasteiger partial charge in [-0.25, -0.2) is 0 Å². The van der Waals surface area contributed by atoms with Crippen LogP contribution in [0.3, 0.4) is 0 Å². The van der Waals surface area contributed by atoms with E-state index in [0.29, 0.717) is 12.5 Å². The summed E-state index contributed by atoms with van der Waals surface area (Å²) in [6, 6.07) is -0.480. The molecular formula is C10H18N2O3. The number of nitrogens with one attached hydrogen (secondary N) is 2. The molecule has 86 valence electrons. The van der Waals surface area contributed by atoms with Gasteiger partial charge in [-0.15, -0.1) is 0 Å². The Morgan fingerprint density at radius 1 is 1.67 bits per heavy atom. The molecule has 0 aromatic rings. The molecule has 15 heavy (non-hydrogen) atoms. The van der Waals surface area contributed by atoms with Crippen LogP contribution >= 0.6 is 0 Å². The molecule has 1 aliphatic rings. The summed E-state index contributed by atoms with van der Waals surface area (Å²) in [6.07, 6.45) is -0.187. The van der Waals surface area contributed by atoms with E-state index in [-0.39, 0.29) is 12.3 Å². The van der Waals surface area contributed by atoms with Gasteiger partial charge in [-0.05, 0) is 0 Å². The zero-order chi connectivity index (χ0) is 11.4. The lowest BCUT2D eigenvalue weighted by Gasteiger charge is -2.33. The Balaban J connectivity index is 2.63. The second kappa shape index (κ2) is 5.11. The molecule has 2 N–H and O–H groups in total. The first-order valence-corrected chi connectivity index (χ1v) is 5.33. The van der Waals surface area contributed by atoms with Crippen molar-refractivity contribution in [1.29, 1.82) is 0 Å². The van der Waals surface area contributed by atoms with E-state index in [1.807, 2.05) is 0 Å². The van der Waals surface area contributed by atoms with Gasteiger partial charge in [0, 0.05) is 18.3 Å². The number of piperazine rings is 1. The maximum atomic E-state index is 11.5. The van der Waals surface area contributed by atoms with Crippen molar-refractivity contribution >= 4 is 11.9 Å². The van der Waals surface area contributed by atoms with Gasteiger partial charge in [0.25, 0.3) is 5.91 Å². The van der Waals surface area contributed by atoms with E-state index in [2.05, 4.69) is 19.2 Å². The average Bonchev–Trinajstić information content (AvgIpc) is 2.09. The van der Waals surface area contributed by atoms with Crippen molar-refractivity contribution in [2.24, 2.45) is 5.92 Å². The van der Waals surface area contributed by atoms with Crippen LogP contribution in [0.4, 0.5) is 0 Å². The maximum absolute atomic E-state index is 11.5. The molecule has 1 rings (SSSR count). The predicted octanol–water partition coefficient (Wildman–Crippen LogP) is -2.83. The molecule has 1 aliphatic heterocycles. The highest BCUT2D eigenvalue weighted by atomic mass is 16.4. The van der Waals surface area contributed by atoms with Gasteiger partial charge in [0.2, 0.25) is 0 Å². The van der Waals surface area contributed by atoms with Crippen molar-refractivity contribution in [3.8, 4) is 0 Å². The Morgan fingerprint density at radius 3 is 2.87 bits per heavy atom. The number of carbonyl (C=O) groups is 2. The van der Waals surface area contributed by atoms with E-state index in [0.717, 1.165) is 18.0 Å². The van der Waals surface area contributed by atoms with Gasteiger partial charge in [0.05, 0.1) is 19.6 Å². The van der Waals surface area contributed by atoms with Crippen LogP contribution in [0.15, 0.2) is 0 Å². The van der Waals surface area contributed by atoms with E-state index in [1.54, 1.807) is 0 Å². The molecule has 1 amide bonds. The lowest BCUT2D eigenvalue weighted by Crippen LogP contribution is -3.20. The predicted molar refractivity (Wildman–Crippen MR) is 52.0 cm³/mol. The summed E-state index contributed by atoms with van der Waals surface area (Å²) < 4.78 is 0. The summed E-state index contributed by atoms with van der Waals surface area (Å²) in [4.78, 5) is 23.1. The van der Waals surface area contributed by atoms with Gasteiger partial charge in [-0.1, -0.05) is 13.8 Å². The number of carboxylic acids is 1. The second-order valence-corrected chi connectivity index (χ2v) is 4.43. The largest absolute Gasteiger partial charge is 0.550 e. The molecule has 0 spiro atoms. The summed E-state index contributed by atoms with van der Waals surface area (Å²) >= 11 is 0. The summed E-state index contributed by atoms with van der Waals surface area (Å²) in [5.41, 5.74) is 0. The van der Waals surface area contributed by atoms with Crippen LogP contribution in [0.1, 0.15) is 20.3 Å². The molecular weight excluding hydrogens is 196 g/mol. The van der Waals surface area contributed by atoms with Crippen LogP contribution in [0.2, 0.25) is 0 Å². The molecule has 1 unspecified atom stereocenters. The van der Waals surface area contributed by atoms with Crippen LogP contribution in [0.25, 0.3) is 0 Å². The van der Waals surface area contributed by atoms with Crippen molar-refractivity contribution < 1.29 is 19.6 Å². The zero-order valence-electron chi connectivity index (χ0n) is 9.21. The van der Waals surface area contributed by atoms with Crippen molar-refractivity contribution in [2.75, 3.05) is 19.6 Å². The SMILES string of the molecule is CC(C)C[NH+]1CCNC(=O)[C@@H]1CC(=O)[O-]. The minimum atomic E-state index is -1.15. The monoisotopic (exact) mass is 214 g/mol. The number of rotatable bonds is 4. The van der Waals surface area contributed by atoms with Gasteiger partial charge < -0.3 is 20.1 Å². The smallest absolute Gasteiger partial charge is 0.278 e. The second-order valence-electron chi connectivity index (χ2n) is 4.43. The first-order chi connectivity index (χ1) is 7.00. The highest BCUT2D eigenvalue weighted by Gasteiger charge is 2.33. The number of hydrogen-bond acceptors (Lipinski definition) is 3. The maximum Gasteiger partial charge on any atom is 0.278 e. The van der Waals surface area contributed by atoms with Crippen LogP contribution in [-0.2, 0) is 9.59 Å². The van der Waals surface area contributed by atoms with Crippen LogP contribution in [0, 0.1) is 5.92 Å². The van der Waals surface area contributed by atoms with E-state index < -0.39 is 12.0 Å². The van der Waals surface area contributed by atoms with Gasteiger partial charge in [0.15, 0.2) is 6.04 Å². The van der Waals surface area contributed by atoms with Crippen molar-refractivity contribution in [3.63, 3.8) is 0 Å². The number of quaternary nitrogens is 1. The van der Waals surface area contributed by atoms with E-state index in [4.69, 9.17) is 0 Å². The molecule has 5 heteroatoms. The van der Waals surface area contributed by atoms with E-state index in [9.17, 15) is 14.7 Å². The number of carboxylic acid groups (broad SMARTS) is 1. The third-order valence-electron chi connectivity index (χ3n) is 2.60. The first-order valence-electron chi connectivity index (χ1n) is 5.33. The quantitative estimate of drug-likeness (QED) is 0.529. The van der Waals surface area contributed by atoms with E-state index >= 15 is 0 Å². The molecule has 0 radical (unpaired) electrons. The number of carbonyl (C=O) groups excluding carboxylic acids is 2. The van der Waals surface area contributed by atoms with Crippen LogP contribution in [-0.4, -0.2) is 37.6 Å². The minimum absolute atomic E-state index is 0.166. The topological polar surface area (TPSA) is 73.7 Å². The number of amides is 1. The van der Waals surface area contributed by atoms with Gasteiger partial charge in [-0.3, -0.25) is 4.79 Å². The molecule has 1 fully saturated rings. The normalized spacial score (nSPS) is 26.5. The molecule has 0 aliphatic carbocycles. The van der Waals surface area contributed by atoms with Gasteiger partial charge in [-0.2, -0.15) is 0 Å². The molecule has 1 heterocycles. The highest BCUT2D eigenvalue weighted by molar-refractivity contribution is 5.84. The Bertz CT molecular complexity index is 253. The van der Waals surface area contributed by atoms with Gasteiger partial charge in [0.1, 0.15) is 0 Å². The third-order valence-corrected chi connectivity index (χ3v) is 2.60. The molecule has 1 saturated heterocycles. The lowest BCUT2D eigenvalue weighted by molar-refractivity contribution is -0.920. The lowest BCUT2D eigenvalue weighted by atomic mass is 10.1. The first kappa shape index (κ1) is 12.0. The molecule has 0 aromatic carbocycles. The molecule has 0 saturated carbocycles. The average molecular weight is 214 g/mol. The fraction of sp³-hybridized carbons (Fsp3) is 0.800. The highest BCUT2D eigenvalue weighted by Crippen LogP contribution is 1.93. The van der Waals surface area contributed by atoms with Crippen molar-refractivity contribution in [1.82, 2.24) is 5.32 Å². The Labute approximate surface area is 89.4 Å². The fourth-order valence-electron chi connectivity index (χ4n) is 2.00. The summed E-state index contributed by atoms with van der Waals surface area (Å²) in [7, 11) is 0. The van der Waals surface area contributed by atoms with Crippen molar-refractivity contribution in [3.05, 3.63) is 0 Å². The summed E-state index contributed by atoms with van der Waals surface area (Å²) in [5, 5.41) is 13.2. The van der Waals surface area contributed by atoms with Gasteiger partial charge >= 0.3 is 0 Å². The number of hydrogen-bond donors (Lipinski definition) is 2. The standard InChI is InChI=1S/C10H18N2O3/c1-7(2)6-12-4-3-11-10(15)8(12)5-9(13)14/h7-8H,3-6H2,1-2H3,(H,11,15)(H,13,14)/t8-/m0/s1. The molecule has 0 aromatic heterocycles. The van der Waals surface area contributed by atoms with Crippen molar-refractivity contribution in [2.45, 2.75) is 26.3 Å². The molecule has 2 atom stereocenters. The fourth-order valence-corrected chi connectivity index (χ4v) is 2.00. The Hall–Kier alpha value is -1.10. The zero-order valence-corrected chi connectivity index (χ0v) is 9.21. The molecule has 0 bridgehead atoms. The molecule has 5 nitrogen and oxygen atoms in total.